The van der Waals surface area contributed by atoms with Gasteiger partial charge in [0.2, 0.25) is 0 Å². The highest BCUT2D eigenvalue weighted by Crippen LogP contribution is 2.23. The van der Waals surface area contributed by atoms with Gasteiger partial charge in [-0.3, -0.25) is 4.98 Å². The summed E-state index contributed by atoms with van der Waals surface area (Å²) in [5.74, 6) is 1.25. The first kappa shape index (κ1) is 22.0. The third kappa shape index (κ3) is 7.92. The Morgan fingerprint density at radius 3 is 2.81 bits per heavy atom. The predicted octanol–water partition coefficient (Wildman–Crippen LogP) is 5.45. The zero-order chi connectivity index (χ0) is 19.4. The standard InChI is InChI=1S/C13H20N2.C10H14O/c1-4-11(3)13-5-6-15-9-12(13)7-10(2)8-14;1-9-4-6-10(7-5-9)3-2-8-11/h5-7,9,11H,4,8,14H2,1-3H3;4,6-9H,2-3,5H2,1H3/b10-7+;. The molecule has 0 spiro atoms. The molecule has 1 aliphatic rings. The summed E-state index contributed by atoms with van der Waals surface area (Å²) in [5.41, 5.74) is 10.7. The number of allylic oxidation sites excluding steroid dienone is 4. The van der Waals surface area contributed by atoms with Gasteiger partial charge in [-0.15, -0.1) is 0 Å². The molecule has 0 bridgehead atoms. The third-order valence-corrected chi connectivity index (χ3v) is 4.70. The number of hydrogen-bond donors (Lipinski definition) is 1. The number of aromatic nitrogens is 1. The van der Waals surface area contributed by atoms with Crippen molar-refractivity contribution in [2.75, 3.05) is 6.54 Å². The number of nitrogens with zero attached hydrogens (tertiary/aromatic N) is 1. The van der Waals surface area contributed by atoms with Crippen LogP contribution in [-0.2, 0) is 4.79 Å². The molecule has 2 rings (SSSR count). The van der Waals surface area contributed by atoms with Crippen molar-refractivity contribution in [1.29, 1.82) is 0 Å². The second kappa shape index (κ2) is 12.4. The molecule has 0 aliphatic heterocycles. The van der Waals surface area contributed by atoms with Crippen LogP contribution in [-0.4, -0.2) is 17.8 Å². The van der Waals surface area contributed by atoms with Crippen molar-refractivity contribution in [1.82, 2.24) is 4.98 Å². The van der Waals surface area contributed by atoms with Gasteiger partial charge in [-0.25, -0.2) is 0 Å². The van der Waals surface area contributed by atoms with E-state index in [1.165, 1.54) is 22.3 Å². The van der Waals surface area contributed by atoms with E-state index >= 15 is 0 Å². The third-order valence-electron chi connectivity index (χ3n) is 4.70. The van der Waals surface area contributed by atoms with E-state index in [4.69, 9.17) is 5.73 Å². The van der Waals surface area contributed by atoms with Gasteiger partial charge in [0.25, 0.3) is 0 Å². The molecule has 1 aromatic rings. The zero-order valence-corrected chi connectivity index (χ0v) is 16.7. The Kier molecular flexibility index (Phi) is 10.5. The molecule has 3 heteroatoms. The van der Waals surface area contributed by atoms with Crippen LogP contribution in [0.15, 0.2) is 47.8 Å². The summed E-state index contributed by atoms with van der Waals surface area (Å²) in [6, 6.07) is 2.10. The molecule has 1 aliphatic carbocycles. The van der Waals surface area contributed by atoms with Gasteiger partial charge >= 0.3 is 0 Å². The summed E-state index contributed by atoms with van der Waals surface area (Å²) in [5, 5.41) is 0. The van der Waals surface area contributed by atoms with Crippen LogP contribution in [0.3, 0.4) is 0 Å². The van der Waals surface area contributed by atoms with Gasteiger partial charge in [0.1, 0.15) is 6.29 Å². The molecule has 0 saturated carbocycles. The van der Waals surface area contributed by atoms with E-state index in [1.807, 2.05) is 19.3 Å². The highest BCUT2D eigenvalue weighted by molar-refractivity contribution is 5.56. The highest BCUT2D eigenvalue weighted by Gasteiger charge is 2.07. The lowest BCUT2D eigenvalue weighted by Crippen LogP contribution is -2.01. The fraction of sp³-hybridized carbons (Fsp3) is 0.478. The minimum Gasteiger partial charge on any atom is -0.327 e. The quantitative estimate of drug-likeness (QED) is 0.663. The van der Waals surface area contributed by atoms with Gasteiger partial charge < -0.3 is 10.5 Å². The molecule has 0 amide bonds. The Balaban J connectivity index is 0.000000273. The summed E-state index contributed by atoms with van der Waals surface area (Å²) < 4.78 is 0. The molecule has 0 radical (unpaired) electrons. The van der Waals surface area contributed by atoms with Crippen molar-refractivity contribution in [3.63, 3.8) is 0 Å². The molecule has 26 heavy (non-hydrogen) atoms. The number of carbonyl (C=O) groups is 1. The van der Waals surface area contributed by atoms with Crippen molar-refractivity contribution < 1.29 is 4.79 Å². The Morgan fingerprint density at radius 1 is 1.46 bits per heavy atom. The van der Waals surface area contributed by atoms with E-state index in [0.717, 1.165) is 25.5 Å². The maximum atomic E-state index is 10.1. The minimum absolute atomic E-state index is 0.574. The van der Waals surface area contributed by atoms with Crippen LogP contribution in [0.2, 0.25) is 0 Å². The molecule has 2 atom stereocenters. The number of hydrogen-bond acceptors (Lipinski definition) is 3. The lowest BCUT2D eigenvalue weighted by Gasteiger charge is -2.12. The number of aldehydes is 1. The molecule has 1 heterocycles. The summed E-state index contributed by atoms with van der Waals surface area (Å²) in [4.78, 5) is 14.2. The number of carbonyl (C=O) groups excluding carboxylic acids is 1. The highest BCUT2D eigenvalue weighted by atomic mass is 16.1. The fourth-order valence-electron chi connectivity index (χ4n) is 2.71. The summed E-state index contributed by atoms with van der Waals surface area (Å²) >= 11 is 0. The van der Waals surface area contributed by atoms with E-state index in [0.29, 0.717) is 24.8 Å². The van der Waals surface area contributed by atoms with Gasteiger partial charge in [-0.2, -0.15) is 0 Å². The Bertz CT molecular complexity index is 643. The number of nitrogens with two attached hydrogens (primary N) is 1. The number of rotatable bonds is 7. The van der Waals surface area contributed by atoms with Crippen LogP contribution in [0.1, 0.15) is 70.4 Å². The summed E-state index contributed by atoms with van der Waals surface area (Å²) in [7, 11) is 0. The fourth-order valence-corrected chi connectivity index (χ4v) is 2.71. The van der Waals surface area contributed by atoms with Crippen LogP contribution in [0.25, 0.3) is 6.08 Å². The van der Waals surface area contributed by atoms with Gasteiger partial charge in [0, 0.05) is 25.4 Å². The van der Waals surface area contributed by atoms with Crippen molar-refractivity contribution in [3.05, 3.63) is 59.0 Å². The van der Waals surface area contributed by atoms with Crippen molar-refractivity contribution in [2.24, 2.45) is 11.7 Å². The average Bonchev–Trinajstić information content (AvgIpc) is 2.67. The minimum atomic E-state index is 0.574. The molecule has 142 valence electrons. The lowest BCUT2D eigenvalue weighted by molar-refractivity contribution is -0.107. The summed E-state index contributed by atoms with van der Waals surface area (Å²) in [6.45, 7) is 9.30. The SMILES string of the molecule is CC1C=CC(CCC=O)=CC1.CCC(C)c1ccncc1/C=C(\C)CN. The van der Waals surface area contributed by atoms with E-state index < -0.39 is 0 Å². The molecular weight excluding hydrogens is 320 g/mol. The maximum absolute atomic E-state index is 10.1. The van der Waals surface area contributed by atoms with Crippen molar-refractivity contribution in [3.8, 4) is 0 Å². The lowest BCUT2D eigenvalue weighted by atomic mass is 9.94. The Morgan fingerprint density at radius 2 is 2.23 bits per heavy atom. The molecule has 0 aromatic carbocycles. The van der Waals surface area contributed by atoms with Crippen LogP contribution in [0.5, 0.6) is 0 Å². The van der Waals surface area contributed by atoms with E-state index in [1.54, 1.807) is 0 Å². The summed E-state index contributed by atoms with van der Waals surface area (Å²) in [6.07, 6.45) is 17.3. The van der Waals surface area contributed by atoms with Gasteiger partial charge in [-0.05, 0) is 55.2 Å². The Labute approximate surface area is 159 Å². The van der Waals surface area contributed by atoms with Gasteiger partial charge in [0.05, 0.1) is 0 Å². The van der Waals surface area contributed by atoms with Crippen LogP contribution < -0.4 is 5.73 Å². The maximum Gasteiger partial charge on any atom is 0.120 e. The first-order valence-electron chi connectivity index (χ1n) is 9.63. The monoisotopic (exact) mass is 354 g/mol. The average molecular weight is 355 g/mol. The normalized spacial score (nSPS) is 17.8. The zero-order valence-electron chi connectivity index (χ0n) is 16.7. The Hall–Kier alpha value is -2.00. The molecule has 1 aromatic heterocycles. The second-order valence-corrected chi connectivity index (χ2v) is 7.07. The first-order chi connectivity index (χ1) is 12.5. The predicted molar refractivity (Wildman–Crippen MR) is 112 cm³/mol. The molecule has 2 N–H and O–H groups in total. The molecule has 2 unspecified atom stereocenters. The van der Waals surface area contributed by atoms with E-state index in [9.17, 15) is 4.79 Å². The molecular formula is C23H34N2O. The van der Waals surface area contributed by atoms with Gasteiger partial charge in [0.15, 0.2) is 0 Å². The topological polar surface area (TPSA) is 56.0 Å². The first-order valence-corrected chi connectivity index (χ1v) is 9.63. The van der Waals surface area contributed by atoms with Crippen LogP contribution >= 0.6 is 0 Å². The van der Waals surface area contributed by atoms with Crippen molar-refractivity contribution >= 4 is 12.4 Å². The number of pyridine rings is 1. The largest absolute Gasteiger partial charge is 0.327 e. The molecule has 3 nitrogen and oxygen atoms in total. The second-order valence-electron chi connectivity index (χ2n) is 7.07. The van der Waals surface area contributed by atoms with E-state index in [-0.39, 0.29) is 0 Å². The van der Waals surface area contributed by atoms with Crippen molar-refractivity contribution in [2.45, 2.75) is 59.3 Å². The smallest absolute Gasteiger partial charge is 0.120 e. The van der Waals surface area contributed by atoms with Crippen LogP contribution in [0, 0.1) is 5.92 Å². The molecule has 0 fully saturated rings. The van der Waals surface area contributed by atoms with Crippen LogP contribution in [0.4, 0.5) is 0 Å². The van der Waals surface area contributed by atoms with E-state index in [2.05, 4.69) is 56.1 Å². The molecule has 0 saturated heterocycles. The van der Waals surface area contributed by atoms with Gasteiger partial charge in [-0.1, -0.05) is 56.2 Å².